The molecule has 1 aromatic rings. The molecule has 0 heteroatoms. The summed E-state index contributed by atoms with van der Waals surface area (Å²) in [7, 11) is 0. The first kappa shape index (κ1) is 12.3. The Morgan fingerprint density at radius 2 is 1.93 bits per heavy atom. The molecule has 0 atom stereocenters. The van der Waals surface area contributed by atoms with Crippen LogP contribution in [0.25, 0.3) is 0 Å². The maximum atomic E-state index is 3.35. The monoisotopic (exact) mass is 203 g/mol. The largest absolute Gasteiger partial charge is 0.0654 e. The molecule has 0 bridgehead atoms. The van der Waals surface area contributed by atoms with Gasteiger partial charge in [-0.15, -0.1) is 0 Å². The van der Waals surface area contributed by atoms with Crippen molar-refractivity contribution in [1.29, 1.82) is 0 Å². The second-order valence-electron chi connectivity index (χ2n) is 4.97. The van der Waals surface area contributed by atoms with Crippen LogP contribution in [-0.2, 0) is 5.41 Å². The third-order valence-corrected chi connectivity index (χ3v) is 3.09. The molecular formula is C15H23. The lowest BCUT2D eigenvalue weighted by atomic mass is 9.80. The topological polar surface area (TPSA) is 0 Å². The molecule has 83 valence electrons. The van der Waals surface area contributed by atoms with E-state index in [1.54, 1.807) is 0 Å². The van der Waals surface area contributed by atoms with E-state index in [1.807, 2.05) is 12.1 Å². The normalized spacial score (nSPS) is 11.7. The Kier molecular flexibility index (Phi) is 4.87. The maximum absolute atomic E-state index is 3.35. The van der Waals surface area contributed by atoms with E-state index < -0.39 is 0 Å². The van der Waals surface area contributed by atoms with Gasteiger partial charge in [0.05, 0.1) is 0 Å². The Morgan fingerprint density at radius 1 is 1.13 bits per heavy atom. The summed E-state index contributed by atoms with van der Waals surface area (Å²) in [5.41, 5.74) is 1.64. The Labute approximate surface area is 94.7 Å². The van der Waals surface area contributed by atoms with Crippen molar-refractivity contribution in [2.75, 3.05) is 0 Å². The van der Waals surface area contributed by atoms with Crippen molar-refractivity contribution in [3.8, 4) is 0 Å². The van der Waals surface area contributed by atoms with Gasteiger partial charge < -0.3 is 0 Å². The zero-order chi connectivity index (χ0) is 11.1. The van der Waals surface area contributed by atoms with Crippen LogP contribution in [0.5, 0.6) is 0 Å². The fourth-order valence-electron chi connectivity index (χ4n) is 1.94. The SMILES string of the molecule is CCCCCCC(C)(C)c1[c]cccc1. The summed E-state index contributed by atoms with van der Waals surface area (Å²) >= 11 is 0. The van der Waals surface area contributed by atoms with Gasteiger partial charge in [-0.2, -0.15) is 0 Å². The molecule has 1 aromatic carbocycles. The molecule has 0 spiro atoms. The summed E-state index contributed by atoms with van der Waals surface area (Å²) in [6.07, 6.45) is 6.66. The molecular weight excluding hydrogens is 180 g/mol. The first-order valence-corrected chi connectivity index (χ1v) is 6.14. The molecule has 15 heavy (non-hydrogen) atoms. The number of unbranched alkanes of at least 4 members (excludes halogenated alkanes) is 3. The van der Waals surface area contributed by atoms with Crippen molar-refractivity contribution < 1.29 is 0 Å². The van der Waals surface area contributed by atoms with E-state index in [1.165, 1.54) is 37.7 Å². The van der Waals surface area contributed by atoms with E-state index in [0.717, 1.165) is 0 Å². The van der Waals surface area contributed by atoms with Crippen LogP contribution in [0.4, 0.5) is 0 Å². The summed E-state index contributed by atoms with van der Waals surface area (Å²) in [5.74, 6) is 0. The van der Waals surface area contributed by atoms with Gasteiger partial charge in [-0.05, 0) is 23.5 Å². The minimum Gasteiger partial charge on any atom is -0.0654 e. The van der Waals surface area contributed by atoms with Gasteiger partial charge in [0.2, 0.25) is 0 Å². The minimum atomic E-state index is 0.287. The standard InChI is InChI=1S/C15H23/c1-4-5-6-10-13-15(2,3)14-11-8-7-9-12-14/h7-9,11H,4-6,10,13H2,1-3H3. The molecule has 0 aliphatic rings. The summed E-state index contributed by atoms with van der Waals surface area (Å²) in [4.78, 5) is 0. The van der Waals surface area contributed by atoms with Gasteiger partial charge in [0, 0.05) is 0 Å². The molecule has 0 unspecified atom stereocenters. The van der Waals surface area contributed by atoms with Crippen LogP contribution in [0.2, 0.25) is 0 Å². The van der Waals surface area contributed by atoms with Crippen LogP contribution >= 0.6 is 0 Å². The van der Waals surface area contributed by atoms with E-state index in [2.05, 4.69) is 39.0 Å². The molecule has 0 fully saturated rings. The molecule has 0 heterocycles. The minimum absolute atomic E-state index is 0.287. The zero-order valence-corrected chi connectivity index (χ0v) is 10.3. The van der Waals surface area contributed by atoms with Crippen molar-refractivity contribution in [2.45, 2.75) is 58.3 Å². The first-order valence-electron chi connectivity index (χ1n) is 6.14. The van der Waals surface area contributed by atoms with Gasteiger partial charge in [0.1, 0.15) is 0 Å². The Bertz CT molecular complexity index is 259. The average Bonchev–Trinajstić information content (AvgIpc) is 2.26. The summed E-state index contributed by atoms with van der Waals surface area (Å²) in [6.45, 7) is 6.91. The molecule has 0 amide bonds. The third kappa shape index (κ3) is 4.07. The van der Waals surface area contributed by atoms with Gasteiger partial charge in [0.25, 0.3) is 0 Å². The second-order valence-corrected chi connectivity index (χ2v) is 4.97. The lowest BCUT2D eigenvalue weighted by Crippen LogP contribution is -2.16. The van der Waals surface area contributed by atoms with E-state index in [-0.39, 0.29) is 5.41 Å². The summed E-state index contributed by atoms with van der Waals surface area (Å²) in [5, 5.41) is 0. The van der Waals surface area contributed by atoms with Crippen LogP contribution in [0.1, 0.15) is 58.4 Å². The molecule has 0 nitrogen and oxygen atoms in total. The number of rotatable bonds is 6. The predicted molar refractivity (Wildman–Crippen MR) is 67.1 cm³/mol. The van der Waals surface area contributed by atoms with Crippen molar-refractivity contribution in [1.82, 2.24) is 0 Å². The third-order valence-electron chi connectivity index (χ3n) is 3.09. The van der Waals surface area contributed by atoms with Gasteiger partial charge in [-0.3, -0.25) is 0 Å². The average molecular weight is 203 g/mol. The van der Waals surface area contributed by atoms with Crippen LogP contribution < -0.4 is 0 Å². The number of benzene rings is 1. The van der Waals surface area contributed by atoms with E-state index in [4.69, 9.17) is 0 Å². The van der Waals surface area contributed by atoms with Crippen molar-refractivity contribution in [3.63, 3.8) is 0 Å². The highest BCUT2D eigenvalue weighted by molar-refractivity contribution is 5.21. The zero-order valence-electron chi connectivity index (χ0n) is 10.3. The molecule has 0 aromatic heterocycles. The fourth-order valence-corrected chi connectivity index (χ4v) is 1.94. The van der Waals surface area contributed by atoms with Gasteiger partial charge in [0.15, 0.2) is 0 Å². The molecule has 0 aliphatic heterocycles. The Morgan fingerprint density at radius 3 is 2.53 bits per heavy atom. The van der Waals surface area contributed by atoms with Crippen molar-refractivity contribution in [2.24, 2.45) is 0 Å². The van der Waals surface area contributed by atoms with Crippen LogP contribution in [-0.4, -0.2) is 0 Å². The van der Waals surface area contributed by atoms with Crippen molar-refractivity contribution in [3.05, 3.63) is 35.9 Å². The molecule has 1 radical (unpaired) electrons. The summed E-state index contributed by atoms with van der Waals surface area (Å²) < 4.78 is 0. The van der Waals surface area contributed by atoms with E-state index >= 15 is 0 Å². The highest BCUT2D eigenvalue weighted by Gasteiger charge is 2.19. The Hall–Kier alpha value is -0.780. The predicted octanol–water partition coefficient (Wildman–Crippen LogP) is 4.73. The quantitative estimate of drug-likeness (QED) is 0.586. The molecule has 0 aliphatic carbocycles. The Balaban J connectivity index is 2.45. The number of hydrogen-bond acceptors (Lipinski definition) is 0. The van der Waals surface area contributed by atoms with Gasteiger partial charge >= 0.3 is 0 Å². The molecule has 0 saturated carbocycles. The smallest absolute Gasteiger partial charge is 0.00974 e. The van der Waals surface area contributed by atoms with Crippen molar-refractivity contribution >= 4 is 0 Å². The van der Waals surface area contributed by atoms with Crippen LogP contribution in [0, 0.1) is 6.07 Å². The molecule has 0 N–H and O–H groups in total. The number of hydrogen-bond donors (Lipinski definition) is 0. The van der Waals surface area contributed by atoms with Crippen LogP contribution in [0.15, 0.2) is 24.3 Å². The van der Waals surface area contributed by atoms with E-state index in [0.29, 0.717) is 0 Å². The highest BCUT2D eigenvalue weighted by atomic mass is 14.2. The molecule has 1 rings (SSSR count). The van der Waals surface area contributed by atoms with Gasteiger partial charge in [-0.1, -0.05) is 70.7 Å². The first-order chi connectivity index (χ1) is 7.17. The fraction of sp³-hybridized carbons (Fsp3) is 0.600. The second kappa shape index (κ2) is 5.95. The van der Waals surface area contributed by atoms with Crippen LogP contribution in [0.3, 0.4) is 0 Å². The van der Waals surface area contributed by atoms with Gasteiger partial charge in [-0.25, -0.2) is 0 Å². The van der Waals surface area contributed by atoms with E-state index in [9.17, 15) is 0 Å². The molecule has 0 saturated heterocycles. The summed E-state index contributed by atoms with van der Waals surface area (Å²) in [6, 6.07) is 11.7. The lowest BCUT2D eigenvalue weighted by molar-refractivity contribution is 0.445. The maximum Gasteiger partial charge on any atom is -0.00974 e. The highest BCUT2D eigenvalue weighted by Crippen LogP contribution is 2.28. The lowest BCUT2D eigenvalue weighted by Gasteiger charge is -2.24.